The average Bonchev–Trinajstić information content (AvgIpc) is 2.52. The van der Waals surface area contributed by atoms with Gasteiger partial charge in [-0.1, -0.05) is 24.3 Å². The molecule has 1 nitrogen and oxygen atoms in total. The zero-order valence-electron chi connectivity index (χ0n) is 6.29. The maximum absolute atomic E-state index is 5.53. The lowest BCUT2D eigenvalue weighted by Crippen LogP contribution is -2.05. The van der Waals surface area contributed by atoms with Crippen LogP contribution in [0.15, 0.2) is 24.3 Å². The first kappa shape index (κ1) is 5.15. The van der Waals surface area contributed by atoms with Crippen molar-refractivity contribution in [1.29, 1.82) is 0 Å². The highest BCUT2D eigenvalue weighted by Gasteiger charge is 2.81. The highest BCUT2D eigenvalue weighted by atomic mass is 16.5. The fraction of sp³-hybridized carbons (Fsp3) is 0.600. The van der Waals surface area contributed by atoms with Crippen LogP contribution in [-0.4, -0.2) is 13.2 Å². The average molecular weight is 146 g/mol. The fourth-order valence-electron chi connectivity index (χ4n) is 3.68. The lowest BCUT2D eigenvalue weighted by atomic mass is 9.97. The molecule has 4 rings (SSSR count). The smallest absolute Gasteiger partial charge is 0.0570 e. The van der Waals surface area contributed by atoms with Gasteiger partial charge in [0, 0.05) is 10.8 Å². The highest BCUT2D eigenvalue weighted by molar-refractivity contribution is 5.49. The molecule has 11 heavy (non-hydrogen) atoms. The quantitative estimate of drug-likeness (QED) is 0.469. The molecule has 1 heteroatoms. The number of rotatable bonds is 0. The summed E-state index contributed by atoms with van der Waals surface area (Å²) in [6.07, 6.45) is 9.55. The van der Waals surface area contributed by atoms with Crippen molar-refractivity contribution < 1.29 is 4.74 Å². The Morgan fingerprint density at radius 1 is 1.09 bits per heavy atom. The normalized spacial score (nSPS) is 66.9. The minimum Gasteiger partial charge on any atom is -0.380 e. The molecule has 0 aromatic carbocycles. The molecule has 56 valence electrons. The van der Waals surface area contributed by atoms with Gasteiger partial charge in [-0.15, -0.1) is 0 Å². The molecule has 0 radical (unpaired) electrons. The van der Waals surface area contributed by atoms with Crippen LogP contribution in [0.4, 0.5) is 0 Å². The topological polar surface area (TPSA) is 9.23 Å². The van der Waals surface area contributed by atoms with Crippen LogP contribution in [0.5, 0.6) is 0 Å². The van der Waals surface area contributed by atoms with Crippen LogP contribution in [0, 0.1) is 22.7 Å². The van der Waals surface area contributed by atoms with E-state index < -0.39 is 0 Å². The van der Waals surface area contributed by atoms with Gasteiger partial charge in [0.1, 0.15) is 0 Å². The van der Waals surface area contributed by atoms with E-state index in [4.69, 9.17) is 4.74 Å². The van der Waals surface area contributed by atoms with Crippen molar-refractivity contribution >= 4 is 0 Å². The predicted molar refractivity (Wildman–Crippen MR) is 40.9 cm³/mol. The summed E-state index contributed by atoms with van der Waals surface area (Å²) < 4.78 is 5.53. The van der Waals surface area contributed by atoms with E-state index in [1.54, 1.807) is 0 Å². The van der Waals surface area contributed by atoms with Crippen molar-refractivity contribution in [3.63, 3.8) is 0 Å². The molecule has 2 atom stereocenters. The van der Waals surface area contributed by atoms with Gasteiger partial charge >= 0.3 is 0 Å². The third-order valence-corrected chi connectivity index (χ3v) is 4.19. The summed E-state index contributed by atoms with van der Waals surface area (Å²) in [5.41, 5.74) is 0.957. The lowest BCUT2D eigenvalue weighted by molar-refractivity contribution is 0.132. The standard InChI is InChI=1S/C10H10O/c1-3-9-5-11-6-10(9)4-2-7(1)8(9)10/h1-4,7-8H,5-6H2. The van der Waals surface area contributed by atoms with E-state index in [9.17, 15) is 0 Å². The van der Waals surface area contributed by atoms with Gasteiger partial charge < -0.3 is 4.74 Å². The number of allylic oxidation sites excluding steroid dienone is 2. The van der Waals surface area contributed by atoms with Crippen LogP contribution in [0.25, 0.3) is 0 Å². The second-order valence-electron chi connectivity index (χ2n) is 4.35. The summed E-state index contributed by atoms with van der Waals surface area (Å²) in [6, 6.07) is 0. The summed E-state index contributed by atoms with van der Waals surface area (Å²) in [5.74, 6) is 1.67. The van der Waals surface area contributed by atoms with Crippen molar-refractivity contribution in [2.24, 2.45) is 22.7 Å². The SMILES string of the molecule is C1=CC23COCC24C=CC1C34. The zero-order chi connectivity index (χ0) is 7.10. The Bertz CT molecular complexity index is 276. The van der Waals surface area contributed by atoms with Gasteiger partial charge in [-0.3, -0.25) is 0 Å². The summed E-state index contributed by atoms with van der Waals surface area (Å²) in [6.45, 7) is 1.96. The van der Waals surface area contributed by atoms with Crippen LogP contribution in [0.3, 0.4) is 0 Å². The molecular weight excluding hydrogens is 136 g/mol. The largest absolute Gasteiger partial charge is 0.380 e. The van der Waals surface area contributed by atoms with Crippen molar-refractivity contribution in [3.05, 3.63) is 24.3 Å². The van der Waals surface area contributed by atoms with Crippen LogP contribution >= 0.6 is 0 Å². The maximum Gasteiger partial charge on any atom is 0.0570 e. The Labute approximate surface area is 65.7 Å². The number of ether oxygens (including phenoxy) is 1. The van der Waals surface area contributed by atoms with Crippen molar-refractivity contribution in [2.75, 3.05) is 13.2 Å². The Morgan fingerprint density at radius 3 is 2.27 bits per heavy atom. The third-order valence-electron chi connectivity index (χ3n) is 4.19. The van der Waals surface area contributed by atoms with Crippen molar-refractivity contribution in [1.82, 2.24) is 0 Å². The first-order valence-corrected chi connectivity index (χ1v) is 4.36. The monoisotopic (exact) mass is 146 g/mol. The van der Waals surface area contributed by atoms with Gasteiger partial charge in [0.15, 0.2) is 0 Å². The van der Waals surface area contributed by atoms with E-state index in [0.29, 0.717) is 10.8 Å². The second-order valence-corrected chi connectivity index (χ2v) is 4.35. The number of hydrogen-bond acceptors (Lipinski definition) is 1. The van der Waals surface area contributed by atoms with Crippen LogP contribution in [-0.2, 0) is 4.74 Å². The second kappa shape index (κ2) is 1.13. The van der Waals surface area contributed by atoms with Gasteiger partial charge in [-0.25, -0.2) is 0 Å². The molecule has 1 heterocycles. The molecule has 3 aliphatic carbocycles. The summed E-state index contributed by atoms with van der Waals surface area (Å²) >= 11 is 0. The van der Waals surface area contributed by atoms with Gasteiger partial charge in [0.2, 0.25) is 0 Å². The number of hydrogen-bond donors (Lipinski definition) is 0. The lowest BCUT2D eigenvalue weighted by Gasteiger charge is -2.05. The van der Waals surface area contributed by atoms with Crippen molar-refractivity contribution in [3.8, 4) is 0 Å². The maximum atomic E-state index is 5.53. The highest BCUT2D eigenvalue weighted by Crippen LogP contribution is 2.82. The van der Waals surface area contributed by atoms with E-state index in [0.717, 1.165) is 25.0 Å². The Hall–Kier alpha value is -0.560. The first-order chi connectivity index (χ1) is 5.39. The van der Waals surface area contributed by atoms with Crippen LogP contribution in [0.2, 0.25) is 0 Å². The Balaban J connectivity index is 2.03. The zero-order valence-corrected chi connectivity index (χ0v) is 6.29. The summed E-state index contributed by atoms with van der Waals surface area (Å²) in [4.78, 5) is 0. The molecule has 1 saturated heterocycles. The molecule has 4 aliphatic rings. The molecule has 0 N–H and O–H groups in total. The molecule has 2 fully saturated rings. The van der Waals surface area contributed by atoms with E-state index >= 15 is 0 Å². The Kier molecular flexibility index (Phi) is 0.527. The fourth-order valence-corrected chi connectivity index (χ4v) is 3.68. The molecule has 2 spiro atoms. The van der Waals surface area contributed by atoms with Gasteiger partial charge in [0.05, 0.1) is 13.2 Å². The van der Waals surface area contributed by atoms with E-state index in [2.05, 4.69) is 24.3 Å². The van der Waals surface area contributed by atoms with Crippen LogP contribution < -0.4 is 0 Å². The molecule has 0 bridgehead atoms. The molecule has 1 aliphatic heterocycles. The minimum atomic E-state index is 0.479. The van der Waals surface area contributed by atoms with E-state index in [1.165, 1.54) is 0 Å². The molecule has 0 aromatic heterocycles. The third kappa shape index (κ3) is 0.290. The predicted octanol–water partition coefficient (Wildman–Crippen LogP) is 1.38. The van der Waals surface area contributed by atoms with Gasteiger partial charge in [-0.05, 0) is 11.8 Å². The Morgan fingerprint density at radius 2 is 1.73 bits per heavy atom. The summed E-state index contributed by atoms with van der Waals surface area (Å²) in [7, 11) is 0. The molecule has 0 aromatic rings. The van der Waals surface area contributed by atoms with E-state index in [1.807, 2.05) is 0 Å². The molecule has 1 saturated carbocycles. The first-order valence-electron chi connectivity index (χ1n) is 4.36. The van der Waals surface area contributed by atoms with Gasteiger partial charge in [-0.2, -0.15) is 0 Å². The summed E-state index contributed by atoms with van der Waals surface area (Å²) in [5, 5.41) is 0. The van der Waals surface area contributed by atoms with E-state index in [-0.39, 0.29) is 0 Å². The molecule has 2 unspecified atom stereocenters. The molecular formula is C10H10O. The van der Waals surface area contributed by atoms with Gasteiger partial charge in [0.25, 0.3) is 0 Å². The van der Waals surface area contributed by atoms with Crippen LogP contribution in [0.1, 0.15) is 0 Å². The van der Waals surface area contributed by atoms with Crippen molar-refractivity contribution in [2.45, 2.75) is 0 Å². The molecule has 0 amide bonds. The minimum absolute atomic E-state index is 0.479.